The highest BCUT2D eigenvalue weighted by Gasteiger charge is 2.24. The minimum Gasteiger partial charge on any atom is -0.381 e. The highest BCUT2D eigenvalue weighted by molar-refractivity contribution is 5.71. The van der Waals surface area contributed by atoms with Crippen LogP contribution in [0.15, 0.2) is 54.6 Å². The maximum absolute atomic E-state index is 15.2. The predicted octanol–water partition coefficient (Wildman–Crippen LogP) is 11.8. The monoisotopic (exact) mass is 578 g/mol. The van der Waals surface area contributed by atoms with Crippen molar-refractivity contribution in [2.24, 2.45) is 5.92 Å². The van der Waals surface area contributed by atoms with Gasteiger partial charge in [-0.1, -0.05) is 107 Å². The lowest BCUT2D eigenvalue weighted by atomic mass is 9.78. The van der Waals surface area contributed by atoms with Crippen LogP contribution in [0.1, 0.15) is 114 Å². The Morgan fingerprint density at radius 3 is 1.95 bits per heavy atom. The maximum Gasteiger partial charge on any atom is 0.166 e. The standard InChI is InChI=1S/C38H49F3O/c1-3-5-6-7-8-9-10-11-12-32-21-24-35(38(41)37(32)40)31-19-17-29(18-20-31)33-22-23-34(36(39)26-33)30-15-13-28(14-16-30)27-42-25-4-2/h17-24,26,28,30H,3-16,25,27H2,1-2H3. The molecule has 0 unspecified atom stereocenters. The molecule has 228 valence electrons. The van der Waals surface area contributed by atoms with Crippen LogP contribution >= 0.6 is 0 Å². The average molecular weight is 579 g/mol. The number of ether oxygens (including phenoxy) is 1. The Morgan fingerprint density at radius 2 is 1.29 bits per heavy atom. The molecule has 0 aliphatic heterocycles. The zero-order valence-electron chi connectivity index (χ0n) is 25.7. The van der Waals surface area contributed by atoms with Crippen molar-refractivity contribution in [3.63, 3.8) is 0 Å². The van der Waals surface area contributed by atoms with Gasteiger partial charge in [-0.05, 0) is 90.7 Å². The molecule has 0 spiro atoms. The molecule has 1 aliphatic rings. The summed E-state index contributed by atoms with van der Waals surface area (Å²) in [4.78, 5) is 0. The first-order chi connectivity index (χ1) is 20.5. The summed E-state index contributed by atoms with van der Waals surface area (Å²) in [5, 5.41) is 0. The zero-order chi connectivity index (χ0) is 29.7. The molecule has 0 saturated heterocycles. The van der Waals surface area contributed by atoms with Crippen molar-refractivity contribution >= 4 is 0 Å². The first kappa shape index (κ1) is 32.3. The Hall–Kier alpha value is -2.59. The van der Waals surface area contributed by atoms with E-state index in [0.717, 1.165) is 81.3 Å². The lowest BCUT2D eigenvalue weighted by molar-refractivity contribution is 0.0830. The van der Waals surface area contributed by atoms with E-state index < -0.39 is 11.6 Å². The normalized spacial score (nSPS) is 17.1. The Bertz CT molecular complexity index is 1230. The Balaban J connectivity index is 1.32. The van der Waals surface area contributed by atoms with Crippen LogP contribution in [0.25, 0.3) is 22.3 Å². The summed E-state index contributed by atoms with van der Waals surface area (Å²) < 4.78 is 50.9. The predicted molar refractivity (Wildman–Crippen MR) is 169 cm³/mol. The molecule has 3 aromatic rings. The number of hydrogen-bond acceptors (Lipinski definition) is 1. The number of rotatable bonds is 16. The van der Waals surface area contributed by atoms with E-state index in [2.05, 4.69) is 13.8 Å². The number of benzene rings is 3. The summed E-state index contributed by atoms with van der Waals surface area (Å²) >= 11 is 0. The van der Waals surface area contributed by atoms with Crippen LogP contribution in [0, 0.1) is 23.4 Å². The van der Waals surface area contributed by atoms with E-state index in [4.69, 9.17) is 4.74 Å². The molecule has 4 heteroatoms. The minimum atomic E-state index is -0.790. The molecular formula is C38H49F3O. The van der Waals surface area contributed by atoms with Gasteiger partial charge >= 0.3 is 0 Å². The molecule has 42 heavy (non-hydrogen) atoms. The highest BCUT2D eigenvalue weighted by atomic mass is 19.2. The van der Waals surface area contributed by atoms with Gasteiger partial charge in [-0.25, -0.2) is 13.2 Å². The van der Waals surface area contributed by atoms with E-state index in [9.17, 15) is 4.39 Å². The third-order valence-electron chi connectivity index (χ3n) is 8.98. The molecule has 1 saturated carbocycles. The second-order valence-electron chi connectivity index (χ2n) is 12.2. The molecule has 0 radical (unpaired) electrons. The lowest BCUT2D eigenvalue weighted by Crippen LogP contribution is -2.18. The van der Waals surface area contributed by atoms with Crippen LogP contribution in [-0.2, 0) is 11.2 Å². The molecule has 0 bridgehead atoms. The van der Waals surface area contributed by atoms with E-state index in [0.29, 0.717) is 23.5 Å². The van der Waals surface area contributed by atoms with Gasteiger partial charge < -0.3 is 4.74 Å². The van der Waals surface area contributed by atoms with Crippen LogP contribution < -0.4 is 0 Å². The molecule has 1 fully saturated rings. The quantitative estimate of drug-likeness (QED) is 0.154. The molecule has 1 nitrogen and oxygen atoms in total. The molecule has 0 atom stereocenters. The first-order valence-electron chi connectivity index (χ1n) is 16.5. The van der Waals surface area contributed by atoms with Crippen molar-refractivity contribution < 1.29 is 17.9 Å². The molecule has 3 aromatic carbocycles. The largest absolute Gasteiger partial charge is 0.381 e. The summed E-state index contributed by atoms with van der Waals surface area (Å²) in [5.74, 6) is -0.859. The van der Waals surface area contributed by atoms with Crippen LogP contribution in [-0.4, -0.2) is 13.2 Å². The fourth-order valence-corrected chi connectivity index (χ4v) is 6.37. The highest BCUT2D eigenvalue weighted by Crippen LogP contribution is 2.38. The summed E-state index contributed by atoms with van der Waals surface area (Å²) in [6.07, 6.45) is 15.1. The Kier molecular flexibility index (Phi) is 13.0. The first-order valence-corrected chi connectivity index (χ1v) is 16.5. The van der Waals surface area contributed by atoms with Crippen molar-refractivity contribution in [1.29, 1.82) is 0 Å². The topological polar surface area (TPSA) is 9.23 Å². The number of halogens is 3. The molecule has 4 rings (SSSR count). The van der Waals surface area contributed by atoms with Gasteiger partial charge in [0.1, 0.15) is 5.82 Å². The van der Waals surface area contributed by atoms with Gasteiger partial charge in [-0.2, -0.15) is 0 Å². The van der Waals surface area contributed by atoms with E-state index in [1.54, 1.807) is 30.3 Å². The van der Waals surface area contributed by atoms with Gasteiger partial charge in [-0.15, -0.1) is 0 Å². The summed E-state index contributed by atoms with van der Waals surface area (Å²) in [6, 6.07) is 16.2. The smallest absolute Gasteiger partial charge is 0.166 e. The SMILES string of the molecule is CCCCCCCCCCc1ccc(-c2ccc(-c3ccc(C4CCC(COCCC)CC4)c(F)c3)cc2)c(F)c1F. The van der Waals surface area contributed by atoms with Crippen LogP contribution in [0.2, 0.25) is 0 Å². The second kappa shape index (κ2) is 16.9. The van der Waals surface area contributed by atoms with Gasteiger partial charge in [0, 0.05) is 18.8 Å². The molecule has 0 N–H and O–H groups in total. The van der Waals surface area contributed by atoms with Gasteiger partial charge in [0.25, 0.3) is 0 Å². The number of unbranched alkanes of at least 4 members (excludes halogenated alkanes) is 7. The molecule has 0 amide bonds. The van der Waals surface area contributed by atoms with Crippen LogP contribution in [0.5, 0.6) is 0 Å². The minimum absolute atomic E-state index is 0.164. The van der Waals surface area contributed by atoms with E-state index in [-0.39, 0.29) is 17.3 Å². The molecule has 0 aromatic heterocycles. The fraction of sp³-hybridized carbons (Fsp3) is 0.526. The van der Waals surface area contributed by atoms with Crippen molar-refractivity contribution in [1.82, 2.24) is 0 Å². The third-order valence-corrected chi connectivity index (χ3v) is 8.98. The van der Waals surface area contributed by atoms with Crippen molar-refractivity contribution in [2.75, 3.05) is 13.2 Å². The van der Waals surface area contributed by atoms with E-state index in [1.165, 1.54) is 32.1 Å². The van der Waals surface area contributed by atoms with Crippen molar-refractivity contribution in [3.05, 3.63) is 83.2 Å². The zero-order valence-corrected chi connectivity index (χ0v) is 25.7. The van der Waals surface area contributed by atoms with E-state index in [1.807, 2.05) is 24.3 Å². The molecular weight excluding hydrogens is 529 g/mol. The van der Waals surface area contributed by atoms with Crippen LogP contribution in [0.3, 0.4) is 0 Å². The summed E-state index contributed by atoms with van der Waals surface area (Å²) in [7, 11) is 0. The molecule has 1 aliphatic carbocycles. The van der Waals surface area contributed by atoms with Crippen molar-refractivity contribution in [2.45, 2.75) is 110 Å². The maximum atomic E-state index is 15.2. The lowest BCUT2D eigenvalue weighted by Gasteiger charge is -2.29. The number of aryl methyl sites for hydroxylation is 1. The Labute approximate surface area is 251 Å². The summed E-state index contributed by atoms with van der Waals surface area (Å²) in [6.45, 7) is 5.97. The van der Waals surface area contributed by atoms with Gasteiger partial charge in [0.05, 0.1) is 0 Å². The fourth-order valence-electron chi connectivity index (χ4n) is 6.37. The average Bonchev–Trinajstić information content (AvgIpc) is 3.01. The van der Waals surface area contributed by atoms with Crippen molar-refractivity contribution in [3.8, 4) is 22.3 Å². The van der Waals surface area contributed by atoms with Crippen LogP contribution in [0.4, 0.5) is 13.2 Å². The molecule has 0 heterocycles. The second-order valence-corrected chi connectivity index (χ2v) is 12.2. The Morgan fingerprint density at radius 1 is 0.643 bits per heavy atom. The van der Waals surface area contributed by atoms with Gasteiger partial charge in [0.15, 0.2) is 11.6 Å². The van der Waals surface area contributed by atoms with Gasteiger partial charge in [0.2, 0.25) is 0 Å². The van der Waals surface area contributed by atoms with Gasteiger partial charge in [-0.3, -0.25) is 0 Å². The third kappa shape index (κ3) is 8.96. The number of hydrogen-bond donors (Lipinski definition) is 0. The summed E-state index contributed by atoms with van der Waals surface area (Å²) in [5.41, 5.74) is 3.77. The van der Waals surface area contributed by atoms with E-state index >= 15 is 8.78 Å².